The Labute approximate surface area is 196 Å². The quantitative estimate of drug-likeness (QED) is 0.175. The predicted molar refractivity (Wildman–Crippen MR) is 118 cm³/mol. The molecule has 11 nitrogen and oxygen atoms in total. The lowest BCUT2D eigenvalue weighted by Gasteiger charge is -2.35. The Bertz CT molecular complexity index is 795. The molecule has 0 spiro atoms. The van der Waals surface area contributed by atoms with Gasteiger partial charge in [0.15, 0.2) is 17.0 Å². The topological polar surface area (TPSA) is 154 Å². The molecule has 0 aliphatic carbocycles. The number of thioether (sulfide) groups is 1. The van der Waals surface area contributed by atoms with Gasteiger partial charge in [0.25, 0.3) is 5.91 Å². The van der Waals surface area contributed by atoms with E-state index in [0.717, 1.165) is 23.9 Å². The molecule has 1 aliphatic heterocycles. The number of cyclic esters (lactones) is 2. The van der Waals surface area contributed by atoms with Crippen molar-refractivity contribution in [2.75, 3.05) is 32.1 Å². The summed E-state index contributed by atoms with van der Waals surface area (Å²) in [6.45, 7) is 6.98. The van der Waals surface area contributed by atoms with Gasteiger partial charge in [-0.1, -0.05) is 25.6 Å². The summed E-state index contributed by atoms with van der Waals surface area (Å²) >= 11 is 0.892. The highest BCUT2D eigenvalue weighted by atomic mass is 32.2. The molecule has 184 valence electrons. The van der Waals surface area contributed by atoms with E-state index < -0.39 is 41.3 Å². The monoisotopic (exact) mass is 486 g/mol. The molecule has 2 amide bonds. The zero-order valence-electron chi connectivity index (χ0n) is 19.1. The van der Waals surface area contributed by atoms with Gasteiger partial charge >= 0.3 is 12.1 Å². The summed E-state index contributed by atoms with van der Waals surface area (Å²) in [5.41, 5.74) is -0.697. The van der Waals surface area contributed by atoms with Crippen molar-refractivity contribution in [1.82, 2.24) is 10.6 Å². The van der Waals surface area contributed by atoms with Crippen molar-refractivity contribution in [3.63, 3.8) is 0 Å². The third kappa shape index (κ3) is 10.1. The van der Waals surface area contributed by atoms with E-state index in [9.17, 15) is 28.8 Å². The SMILES string of the molecule is CCOC(=O)/C=C/C(=O)C(C)C(=O)SCCNC(=O)CCNC(=O)[C@@H]1OC(=O)OCC1(C)C. The van der Waals surface area contributed by atoms with Crippen molar-refractivity contribution in [2.24, 2.45) is 11.3 Å². The molecule has 12 heteroatoms. The van der Waals surface area contributed by atoms with Gasteiger partial charge in [0.1, 0.15) is 6.61 Å². The van der Waals surface area contributed by atoms with E-state index in [0.29, 0.717) is 0 Å². The maximum Gasteiger partial charge on any atom is 0.509 e. The fourth-order valence-electron chi connectivity index (χ4n) is 2.57. The number of ketones is 1. The van der Waals surface area contributed by atoms with Gasteiger partial charge in [0.2, 0.25) is 5.91 Å². The van der Waals surface area contributed by atoms with Gasteiger partial charge in [0, 0.05) is 36.8 Å². The number of hydrogen-bond acceptors (Lipinski definition) is 10. The van der Waals surface area contributed by atoms with Crippen LogP contribution in [0.15, 0.2) is 12.2 Å². The molecule has 0 radical (unpaired) electrons. The minimum atomic E-state index is -1.01. The van der Waals surface area contributed by atoms with Gasteiger partial charge in [-0.25, -0.2) is 9.59 Å². The van der Waals surface area contributed by atoms with Crippen LogP contribution in [0.4, 0.5) is 4.79 Å². The molecule has 33 heavy (non-hydrogen) atoms. The molecule has 2 atom stereocenters. The minimum absolute atomic E-state index is 0.00447. The van der Waals surface area contributed by atoms with Gasteiger partial charge in [-0.05, 0) is 19.9 Å². The smallest absolute Gasteiger partial charge is 0.463 e. The lowest BCUT2D eigenvalue weighted by molar-refractivity contribution is -0.149. The fraction of sp³-hybridized carbons (Fsp3) is 0.619. The molecule has 1 fully saturated rings. The normalized spacial score (nSPS) is 17.9. The Kier molecular flexibility index (Phi) is 11.6. The number of allylic oxidation sites excluding steroid dienone is 1. The standard InChI is InChI=1S/C21H30N2O9S/c1-5-30-16(26)7-6-14(24)13(2)19(28)33-11-10-22-15(25)8-9-23-18(27)17-21(3,4)12-31-20(29)32-17/h6-7,13,17H,5,8-12H2,1-4H3,(H,22,25)(H,23,27)/b7-6+/t13?,17-/m0/s1. The third-order valence-corrected chi connectivity index (χ3v) is 5.54. The molecule has 1 saturated heterocycles. The highest BCUT2D eigenvalue weighted by Gasteiger charge is 2.43. The minimum Gasteiger partial charge on any atom is -0.463 e. The number of hydrogen-bond donors (Lipinski definition) is 2. The first-order valence-corrected chi connectivity index (χ1v) is 11.4. The van der Waals surface area contributed by atoms with Crippen molar-refractivity contribution in [2.45, 2.75) is 40.2 Å². The second-order valence-electron chi connectivity index (χ2n) is 7.79. The van der Waals surface area contributed by atoms with Crippen molar-refractivity contribution in [3.05, 3.63) is 12.2 Å². The van der Waals surface area contributed by atoms with Gasteiger partial charge in [-0.2, -0.15) is 0 Å². The van der Waals surface area contributed by atoms with Crippen molar-refractivity contribution >= 4 is 46.6 Å². The Morgan fingerprint density at radius 1 is 1.18 bits per heavy atom. The summed E-state index contributed by atoms with van der Waals surface area (Å²) in [4.78, 5) is 70.6. The predicted octanol–water partition coefficient (Wildman–Crippen LogP) is 0.755. The number of carbonyl (C=O) groups excluding carboxylic acids is 6. The molecule has 0 saturated carbocycles. The van der Waals surface area contributed by atoms with Crippen LogP contribution in [0.25, 0.3) is 0 Å². The molecule has 0 aromatic heterocycles. The van der Waals surface area contributed by atoms with Gasteiger partial charge in [0.05, 0.1) is 12.5 Å². The number of rotatable bonds is 12. The maximum atomic E-state index is 12.2. The molecule has 0 aromatic carbocycles. The Hall–Kier alpha value is -2.89. The van der Waals surface area contributed by atoms with E-state index in [1.807, 2.05) is 0 Å². The zero-order valence-corrected chi connectivity index (χ0v) is 20.0. The van der Waals surface area contributed by atoms with Gasteiger partial charge in [-0.3, -0.25) is 19.2 Å². The zero-order chi connectivity index (χ0) is 25.0. The lowest BCUT2D eigenvalue weighted by atomic mass is 9.86. The van der Waals surface area contributed by atoms with Gasteiger partial charge < -0.3 is 24.8 Å². The van der Waals surface area contributed by atoms with Crippen LogP contribution in [-0.2, 0) is 38.2 Å². The molecule has 0 bridgehead atoms. The molecule has 2 N–H and O–H groups in total. The van der Waals surface area contributed by atoms with Crippen molar-refractivity contribution in [3.8, 4) is 0 Å². The number of carbonyl (C=O) groups is 6. The average Bonchev–Trinajstić information content (AvgIpc) is 2.76. The molecule has 1 unspecified atom stereocenters. The van der Waals surface area contributed by atoms with E-state index in [1.165, 1.54) is 6.92 Å². The first kappa shape index (κ1) is 28.1. The second-order valence-corrected chi connectivity index (χ2v) is 8.89. The van der Waals surface area contributed by atoms with Crippen LogP contribution in [0.1, 0.15) is 34.1 Å². The summed E-state index contributed by atoms with van der Waals surface area (Å²) in [5, 5.41) is 4.78. The fourth-order valence-corrected chi connectivity index (χ4v) is 3.34. The molecule has 1 heterocycles. The van der Waals surface area contributed by atoms with Gasteiger partial charge in [-0.15, -0.1) is 0 Å². The maximum absolute atomic E-state index is 12.2. The van der Waals surface area contributed by atoms with E-state index >= 15 is 0 Å². The van der Waals surface area contributed by atoms with E-state index in [4.69, 9.17) is 9.47 Å². The summed E-state index contributed by atoms with van der Waals surface area (Å²) in [6, 6.07) is 0. The molecular formula is C21H30N2O9S. The third-order valence-electron chi connectivity index (χ3n) is 4.49. The van der Waals surface area contributed by atoms with Crippen LogP contribution in [0.2, 0.25) is 0 Å². The van der Waals surface area contributed by atoms with Crippen LogP contribution in [0.3, 0.4) is 0 Å². The number of ether oxygens (including phenoxy) is 3. The first-order valence-electron chi connectivity index (χ1n) is 10.4. The number of esters is 1. The van der Waals surface area contributed by atoms with Crippen LogP contribution in [0.5, 0.6) is 0 Å². The Morgan fingerprint density at radius 3 is 2.55 bits per heavy atom. The first-order chi connectivity index (χ1) is 15.5. The summed E-state index contributed by atoms with van der Waals surface area (Å²) < 4.78 is 14.4. The van der Waals surface area contributed by atoms with Crippen molar-refractivity contribution < 1.29 is 43.0 Å². The molecule has 1 rings (SSSR count). The van der Waals surface area contributed by atoms with Crippen LogP contribution in [0, 0.1) is 11.3 Å². The Balaban J connectivity index is 2.25. The van der Waals surface area contributed by atoms with Crippen LogP contribution < -0.4 is 10.6 Å². The molecular weight excluding hydrogens is 456 g/mol. The number of nitrogens with one attached hydrogen (secondary N) is 2. The van der Waals surface area contributed by atoms with E-state index in [2.05, 4.69) is 15.4 Å². The largest absolute Gasteiger partial charge is 0.509 e. The second kappa shape index (κ2) is 13.6. The molecule has 1 aliphatic rings. The van der Waals surface area contributed by atoms with E-state index in [-0.39, 0.29) is 49.5 Å². The van der Waals surface area contributed by atoms with Crippen molar-refractivity contribution in [1.29, 1.82) is 0 Å². The van der Waals surface area contributed by atoms with Crippen LogP contribution >= 0.6 is 11.8 Å². The lowest BCUT2D eigenvalue weighted by Crippen LogP contribution is -2.52. The highest BCUT2D eigenvalue weighted by molar-refractivity contribution is 8.13. The highest BCUT2D eigenvalue weighted by Crippen LogP contribution is 2.28. The average molecular weight is 487 g/mol. The summed E-state index contributed by atoms with van der Waals surface area (Å²) in [5.74, 6) is -2.71. The molecule has 0 aromatic rings. The van der Waals surface area contributed by atoms with E-state index in [1.54, 1.807) is 20.8 Å². The summed E-state index contributed by atoms with van der Waals surface area (Å²) in [7, 11) is 0. The summed E-state index contributed by atoms with van der Waals surface area (Å²) in [6.07, 6.45) is 0.0628. The number of amides is 2. The Morgan fingerprint density at radius 2 is 1.88 bits per heavy atom. The van der Waals surface area contributed by atoms with Crippen LogP contribution in [-0.4, -0.2) is 73.0 Å².